The fourth-order valence-corrected chi connectivity index (χ4v) is 2.14. The first-order valence-electron chi connectivity index (χ1n) is 4.72. The van der Waals surface area contributed by atoms with E-state index in [1.807, 2.05) is 0 Å². The number of nitrogens with zero attached hydrogens (tertiary/aromatic N) is 1. The van der Waals surface area contributed by atoms with E-state index in [2.05, 4.69) is 0 Å². The molecule has 4 nitrogen and oxygen atoms in total. The zero-order valence-electron chi connectivity index (χ0n) is 9.29. The van der Waals surface area contributed by atoms with Crippen molar-refractivity contribution in [1.29, 1.82) is 0 Å². The van der Waals surface area contributed by atoms with Crippen LogP contribution in [0.2, 0.25) is 0 Å². The molecule has 2 N–H and O–H groups in total. The van der Waals surface area contributed by atoms with Gasteiger partial charge in [-0.05, 0) is 18.2 Å². The predicted octanol–water partition coefficient (Wildman–Crippen LogP) is 3.84. The van der Waals surface area contributed by atoms with E-state index in [1.54, 1.807) is 0 Å². The highest BCUT2D eigenvalue weighted by Crippen LogP contribution is 2.45. The Balaban J connectivity index is 3.18. The van der Waals surface area contributed by atoms with E-state index in [0.29, 0.717) is 0 Å². The number of hydroxylamine groups is 1. The van der Waals surface area contributed by atoms with Crippen LogP contribution in [0.15, 0.2) is 24.3 Å². The van der Waals surface area contributed by atoms with Crippen LogP contribution in [0, 0.1) is 0 Å². The Hall–Kier alpha value is -0.900. The molecule has 0 saturated heterocycles. The minimum atomic E-state index is -5.00. The van der Waals surface area contributed by atoms with Crippen molar-refractivity contribution in [2.75, 3.05) is 4.31 Å². The molecule has 0 saturated carbocycles. The first-order chi connectivity index (χ1) is 9.04. The third-order valence-corrected chi connectivity index (χ3v) is 3.09. The summed E-state index contributed by atoms with van der Waals surface area (Å²) < 4.78 is 47.8. The summed E-state index contributed by atoms with van der Waals surface area (Å²) in [7, 11) is 0. The summed E-state index contributed by atoms with van der Waals surface area (Å²) >= 11 is 9.30. The van der Waals surface area contributed by atoms with Crippen LogP contribution in [0.5, 0.6) is 0 Å². The second kappa shape index (κ2) is 6.25. The third-order valence-electron chi connectivity index (χ3n) is 1.87. The Bertz CT molecular complexity index is 496. The maximum atomic E-state index is 13.0. The second-order valence-corrected chi connectivity index (χ2v) is 6.08. The lowest BCUT2D eigenvalue weighted by Gasteiger charge is -2.27. The summed E-state index contributed by atoms with van der Waals surface area (Å²) in [5.41, 5.74) is 0.402. The summed E-state index contributed by atoms with van der Waals surface area (Å²) in [6.45, 7) is 0. The highest BCUT2D eigenvalue weighted by atomic mass is 35.5. The van der Waals surface area contributed by atoms with Crippen LogP contribution in [0.1, 0.15) is 10.4 Å². The average Bonchev–Trinajstić information content (AvgIpc) is 2.33. The van der Waals surface area contributed by atoms with Crippen molar-refractivity contribution >= 4 is 46.7 Å². The summed E-state index contributed by atoms with van der Waals surface area (Å²) in [4.78, 5) is 11.1. The fraction of sp³-hybridized carbons (Fsp3) is 0.222. The van der Waals surface area contributed by atoms with Crippen molar-refractivity contribution in [3.63, 3.8) is 0 Å². The van der Waals surface area contributed by atoms with E-state index in [4.69, 9.17) is 28.4 Å². The molecule has 0 unspecified atom stereocenters. The van der Waals surface area contributed by atoms with Gasteiger partial charge in [-0.2, -0.15) is 4.39 Å². The molecule has 0 heterocycles. The Morgan fingerprint density at radius 2 is 1.90 bits per heavy atom. The van der Waals surface area contributed by atoms with Gasteiger partial charge in [0.25, 0.3) is 5.91 Å². The lowest BCUT2D eigenvalue weighted by molar-refractivity contribution is -0.114. The van der Waals surface area contributed by atoms with Gasteiger partial charge in [-0.25, -0.2) is 9.79 Å². The van der Waals surface area contributed by atoms with E-state index < -0.39 is 38.1 Å². The van der Waals surface area contributed by atoms with Gasteiger partial charge in [0.05, 0.1) is 5.69 Å². The minimum Gasteiger partial charge on any atom is -0.288 e. The van der Waals surface area contributed by atoms with Gasteiger partial charge in [-0.3, -0.25) is 10.0 Å². The van der Waals surface area contributed by atoms with Crippen LogP contribution >= 0.6 is 35.1 Å². The van der Waals surface area contributed by atoms with E-state index in [1.165, 1.54) is 5.48 Å². The van der Waals surface area contributed by atoms with E-state index in [-0.39, 0.29) is 5.56 Å². The second-order valence-electron chi connectivity index (χ2n) is 3.29. The van der Waals surface area contributed by atoms with Crippen LogP contribution < -0.4 is 9.79 Å². The minimum absolute atomic E-state index is 0.270. The number of carbonyl (C=O) groups excluding carboxylic acids is 1. The molecule has 0 atom stereocenters. The van der Waals surface area contributed by atoms with Crippen molar-refractivity contribution in [3.8, 4) is 0 Å². The van der Waals surface area contributed by atoms with E-state index >= 15 is 0 Å². The first kappa shape index (κ1) is 17.2. The number of halogens is 6. The summed E-state index contributed by atoms with van der Waals surface area (Å²) in [6.07, 6.45) is -5.00. The van der Waals surface area contributed by atoms with E-state index in [9.17, 15) is 22.4 Å². The Morgan fingerprint density at radius 1 is 1.30 bits per heavy atom. The number of anilines is 1. The molecule has 112 valence electrons. The normalized spacial score (nSPS) is 12.2. The average molecular weight is 353 g/mol. The quantitative estimate of drug-likeness (QED) is 0.216. The maximum Gasteiger partial charge on any atom is 0.495 e. The summed E-state index contributed by atoms with van der Waals surface area (Å²) in [5, 5.41) is 8.42. The van der Waals surface area contributed by atoms with Gasteiger partial charge in [-0.1, -0.05) is 29.3 Å². The lowest BCUT2D eigenvalue weighted by Crippen LogP contribution is -2.34. The number of benzene rings is 1. The van der Waals surface area contributed by atoms with Gasteiger partial charge in [0.1, 0.15) is 0 Å². The molecule has 0 aliphatic heterocycles. The molecule has 11 heteroatoms. The van der Waals surface area contributed by atoms with Crippen LogP contribution in [0.3, 0.4) is 0 Å². The van der Waals surface area contributed by atoms with Crippen molar-refractivity contribution in [2.45, 2.75) is 10.2 Å². The number of carbonyl (C=O) groups is 1. The molecule has 1 amide bonds. The highest BCUT2D eigenvalue weighted by molar-refractivity contribution is 8.04. The standard InChI is InChI=1S/C9H6Cl2F4N2O2S/c10-8(11,12)20-17(9(13,14)15)6-3-1-2-5(4-6)7(18)16-19/h1-4,19H,(H,16,18). The molecule has 0 bridgehead atoms. The number of rotatable bonds is 4. The molecule has 1 aromatic rings. The van der Waals surface area contributed by atoms with Gasteiger partial charge < -0.3 is 0 Å². The van der Waals surface area contributed by atoms with Gasteiger partial charge in [-0.15, -0.1) is 13.2 Å². The summed E-state index contributed by atoms with van der Waals surface area (Å²) in [5.74, 6) is -1.03. The molecule has 0 spiro atoms. The number of hydrogen-bond acceptors (Lipinski definition) is 4. The van der Waals surface area contributed by atoms with Crippen molar-refractivity contribution in [3.05, 3.63) is 29.8 Å². The Morgan fingerprint density at radius 3 is 2.35 bits per heavy atom. The zero-order valence-corrected chi connectivity index (χ0v) is 11.6. The fourth-order valence-electron chi connectivity index (χ4n) is 1.19. The van der Waals surface area contributed by atoms with Crippen LogP contribution in [0.25, 0.3) is 0 Å². The SMILES string of the molecule is O=C(NO)c1cccc(N(SC(F)(Cl)Cl)C(F)(F)F)c1. The molecule has 20 heavy (non-hydrogen) atoms. The number of hydrogen-bond donors (Lipinski definition) is 2. The van der Waals surface area contributed by atoms with Gasteiger partial charge in [0.15, 0.2) is 0 Å². The zero-order chi connectivity index (χ0) is 15.6. The van der Waals surface area contributed by atoms with Crippen molar-refractivity contribution in [1.82, 2.24) is 5.48 Å². The largest absolute Gasteiger partial charge is 0.495 e. The molecule has 0 radical (unpaired) electrons. The van der Waals surface area contributed by atoms with Crippen LogP contribution in [0.4, 0.5) is 23.2 Å². The van der Waals surface area contributed by atoms with Gasteiger partial charge in [0.2, 0.25) is 0 Å². The number of nitrogens with one attached hydrogen (secondary N) is 1. The monoisotopic (exact) mass is 352 g/mol. The molecule has 1 rings (SSSR count). The third kappa shape index (κ3) is 4.89. The van der Waals surface area contributed by atoms with E-state index in [0.717, 1.165) is 24.3 Å². The molecular formula is C9H6Cl2F4N2O2S. The molecule has 1 aromatic carbocycles. The van der Waals surface area contributed by atoms with Crippen molar-refractivity contribution in [2.24, 2.45) is 0 Å². The van der Waals surface area contributed by atoms with Crippen LogP contribution in [-0.4, -0.2) is 21.3 Å². The molecule has 0 aliphatic carbocycles. The summed E-state index contributed by atoms with van der Waals surface area (Å²) in [6, 6.07) is 4.01. The van der Waals surface area contributed by atoms with Crippen molar-refractivity contribution < 1.29 is 27.6 Å². The number of amides is 1. The van der Waals surface area contributed by atoms with Gasteiger partial charge >= 0.3 is 10.2 Å². The van der Waals surface area contributed by atoms with Crippen LogP contribution in [-0.2, 0) is 0 Å². The number of alkyl halides is 6. The first-order valence-corrected chi connectivity index (χ1v) is 6.25. The molecule has 0 aromatic heterocycles. The Labute approximate surface area is 124 Å². The lowest BCUT2D eigenvalue weighted by atomic mass is 10.2. The highest BCUT2D eigenvalue weighted by Gasteiger charge is 2.44. The maximum absolute atomic E-state index is 13.0. The molecule has 0 aliphatic rings. The molecular weight excluding hydrogens is 347 g/mol. The predicted molar refractivity (Wildman–Crippen MR) is 67.4 cm³/mol. The topological polar surface area (TPSA) is 52.6 Å². The molecule has 0 fully saturated rings. The van der Waals surface area contributed by atoms with Gasteiger partial charge in [0, 0.05) is 17.5 Å². The Kier molecular flexibility index (Phi) is 5.36. The smallest absolute Gasteiger partial charge is 0.288 e.